The van der Waals surface area contributed by atoms with Gasteiger partial charge in [0, 0.05) is 0 Å². The van der Waals surface area contributed by atoms with Crippen LogP contribution in [0.1, 0.15) is 16.7 Å². The van der Waals surface area contributed by atoms with Gasteiger partial charge < -0.3 is 10.1 Å². The van der Waals surface area contributed by atoms with E-state index in [-0.39, 0.29) is 5.91 Å². The van der Waals surface area contributed by atoms with E-state index in [1.54, 1.807) is 7.11 Å². The molecule has 1 N–H and O–H groups in total. The molecule has 2 aromatic carbocycles. The van der Waals surface area contributed by atoms with E-state index in [0.29, 0.717) is 10.1 Å². The van der Waals surface area contributed by atoms with Crippen molar-refractivity contribution in [2.75, 3.05) is 7.11 Å². The van der Waals surface area contributed by atoms with Crippen molar-refractivity contribution in [3.8, 4) is 5.75 Å². The van der Waals surface area contributed by atoms with Gasteiger partial charge in [0.05, 0.1) is 17.7 Å². The Morgan fingerprint density at radius 1 is 1.08 bits per heavy atom. The number of benzene rings is 2. The number of nitrogens with one attached hydrogen (secondary N) is 1. The Morgan fingerprint density at radius 2 is 1.75 bits per heavy atom. The molecule has 0 aromatic heterocycles. The van der Waals surface area contributed by atoms with Crippen LogP contribution in [0.15, 0.2) is 52.4 Å². The summed E-state index contributed by atoms with van der Waals surface area (Å²) in [6, 6.07) is 13.6. The summed E-state index contributed by atoms with van der Waals surface area (Å²) in [6.45, 7) is 4.03. The molecule has 0 bridgehead atoms. The molecule has 122 valence electrons. The SMILES string of the molecule is COc1ccc(/C=C2\SC(=Nc3c(C)cccc3C)NC2=O)cc1. The van der Waals surface area contributed by atoms with Gasteiger partial charge in [0.2, 0.25) is 0 Å². The van der Waals surface area contributed by atoms with Crippen LogP contribution in [0.3, 0.4) is 0 Å². The number of amides is 1. The molecule has 1 fully saturated rings. The van der Waals surface area contributed by atoms with E-state index in [9.17, 15) is 4.79 Å². The first kappa shape index (κ1) is 16.3. The van der Waals surface area contributed by atoms with Crippen molar-refractivity contribution < 1.29 is 9.53 Å². The Kier molecular flexibility index (Phi) is 4.71. The van der Waals surface area contributed by atoms with Gasteiger partial charge in [-0.3, -0.25) is 4.79 Å². The molecule has 5 heteroatoms. The summed E-state index contributed by atoms with van der Waals surface area (Å²) in [7, 11) is 1.63. The quantitative estimate of drug-likeness (QED) is 0.853. The summed E-state index contributed by atoms with van der Waals surface area (Å²) in [5.74, 6) is 0.666. The molecule has 3 rings (SSSR count). The lowest BCUT2D eigenvalue weighted by atomic mass is 10.1. The van der Waals surface area contributed by atoms with Crippen molar-refractivity contribution in [1.29, 1.82) is 0 Å². The molecule has 1 aliphatic heterocycles. The Hall–Kier alpha value is -2.53. The zero-order valence-corrected chi connectivity index (χ0v) is 14.6. The fraction of sp³-hybridized carbons (Fsp3) is 0.158. The molecule has 1 amide bonds. The number of aryl methyl sites for hydroxylation is 2. The van der Waals surface area contributed by atoms with Gasteiger partial charge in [-0.2, -0.15) is 0 Å². The fourth-order valence-electron chi connectivity index (χ4n) is 2.42. The van der Waals surface area contributed by atoms with Gasteiger partial charge >= 0.3 is 0 Å². The van der Waals surface area contributed by atoms with Gasteiger partial charge in [0.25, 0.3) is 5.91 Å². The number of rotatable bonds is 3. The molecule has 2 aromatic rings. The lowest BCUT2D eigenvalue weighted by molar-refractivity contribution is -0.115. The Balaban J connectivity index is 1.85. The van der Waals surface area contributed by atoms with E-state index in [1.165, 1.54) is 11.8 Å². The van der Waals surface area contributed by atoms with Crippen LogP contribution in [-0.4, -0.2) is 18.2 Å². The number of carbonyl (C=O) groups is 1. The third-order valence-corrected chi connectivity index (χ3v) is 4.63. The van der Waals surface area contributed by atoms with Gasteiger partial charge in [0.15, 0.2) is 5.17 Å². The van der Waals surface area contributed by atoms with Crippen molar-refractivity contribution in [2.24, 2.45) is 4.99 Å². The number of para-hydroxylation sites is 1. The number of methoxy groups -OCH3 is 1. The van der Waals surface area contributed by atoms with Gasteiger partial charge in [-0.1, -0.05) is 30.3 Å². The first-order chi connectivity index (χ1) is 11.6. The van der Waals surface area contributed by atoms with Crippen LogP contribution < -0.4 is 10.1 Å². The second-order valence-corrected chi connectivity index (χ2v) is 6.53. The Labute approximate surface area is 145 Å². The number of aliphatic imine (C=N–C) groups is 1. The minimum atomic E-state index is -0.124. The van der Waals surface area contributed by atoms with Crippen LogP contribution in [0.2, 0.25) is 0 Å². The van der Waals surface area contributed by atoms with Gasteiger partial charge in [-0.05, 0) is 60.5 Å². The molecular weight excluding hydrogens is 320 g/mol. The number of nitrogens with zero attached hydrogens (tertiary/aromatic N) is 1. The molecule has 0 radical (unpaired) electrons. The monoisotopic (exact) mass is 338 g/mol. The second-order valence-electron chi connectivity index (χ2n) is 5.50. The average molecular weight is 338 g/mol. The number of amidine groups is 1. The summed E-state index contributed by atoms with van der Waals surface area (Å²) in [5, 5.41) is 3.44. The predicted molar refractivity (Wildman–Crippen MR) is 99.7 cm³/mol. The summed E-state index contributed by atoms with van der Waals surface area (Å²) in [5.41, 5.74) is 4.03. The van der Waals surface area contributed by atoms with Crippen LogP contribution in [-0.2, 0) is 4.79 Å². The molecule has 1 heterocycles. The fourth-order valence-corrected chi connectivity index (χ4v) is 3.24. The standard InChI is InChI=1S/C19H18N2O2S/c1-12-5-4-6-13(2)17(12)20-19-21-18(22)16(24-19)11-14-7-9-15(23-3)10-8-14/h4-11H,1-3H3,(H,20,21,22)/b16-11-. The number of hydrogen-bond acceptors (Lipinski definition) is 4. The Morgan fingerprint density at radius 3 is 2.38 bits per heavy atom. The molecule has 0 spiro atoms. The molecule has 0 unspecified atom stereocenters. The zero-order valence-electron chi connectivity index (χ0n) is 13.8. The van der Waals surface area contributed by atoms with Crippen LogP contribution >= 0.6 is 11.8 Å². The highest BCUT2D eigenvalue weighted by Crippen LogP contribution is 2.30. The predicted octanol–water partition coefficient (Wildman–Crippen LogP) is 4.20. The summed E-state index contributed by atoms with van der Waals surface area (Å²) in [6.07, 6.45) is 1.85. The van der Waals surface area contributed by atoms with Crippen LogP contribution in [0.25, 0.3) is 6.08 Å². The maximum atomic E-state index is 12.2. The third kappa shape index (κ3) is 3.51. The normalized spacial score (nSPS) is 17.4. The average Bonchev–Trinajstić information content (AvgIpc) is 2.91. The number of ether oxygens (including phenoxy) is 1. The van der Waals surface area contributed by atoms with Crippen LogP contribution in [0.4, 0.5) is 5.69 Å². The topological polar surface area (TPSA) is 50.7 Å². The number of carbonyl (C=O) groups excluding carboxylic acids is 1. The molecule has 0 saturated carbocycles. The number of thioether (sulfide) groups is 1. The lowest BCUT2D eigenvalue weighted by Gasteiger charge is -2.04. The molecular formula is C19H18N2O2S. The van der Waals surface area contributed by atoms with Crippen molar-refractivity contribution in [2.45, 2.75) is 13.8 Å². The van der Waals surface area contributed by atoms with Gasteiger partial charge in [-0.25, -0.2) is 4.99 Å². The van der Waals surface area contributed by atoms with Crippen LogP contribution in [0, 0.1) is 13.8 Å². The molecule has 0 atom stereocenters. The van der Waals surface area contributed by atoms with E-state index in [4.69, 9.17) is 4.74 Å². The van der Waals surface area contributed by atoms with Gasteiger partial charge in [-0.15, -0.1) is 0 Å². The van der Waals surface area contributed by atoms with E-state index in [2.05, 4.69) is 10.3 Å². The maximum absolute atomic E-state index is 12.2. The van der Waals surface area contributed by atoms with E-state index in [1.807, 2.05) is 62.4 Å². The van der Waals surface area contributed by atoms with Crippen molar-refractivity contribution in [3.63, 3.8) is 0 Å². The second kappa shape index (κ2) is 6.93. The molecule has 1 aliphatic rings. The van der Waals surface area contributed by atoms with E-state index >= 15 is 0 Å². The molecule has 1 saturated heterocycles. The van der Waals surface area contributed by atoms with E-state index < -0.39 is 0 Å². The zero-order chi connectivity index (χ0) is 17.1. The molecule has 4 nitrogen and oxygen atoms in total. The summed E-state index contributed by atoms with van der Waals surface area (Å²) in [4.78, 5) is 17.4. The van der Waals surface area contributed by atoms with Crippen LogP contribution in [0.5, 0.6) is 5.75 Å². The minimum Gasteiger partial charge on any atom is -0.497 e. The molecule has 24 heavy (non-hydrogen) atoms. The highest BCUT2D eigenvalue weighted by atomic mass is 32.2. The van der Waals surface area contributed by atoms with Crippen molar-refractivity contribution in [3.05, 3.63) is 64.1 Å². The van der Waals surface area contributed by atoms with Crippen molar-refractivity contribution in [1.82, 2.24) is 5.32 Å². The number of hydrogen-bond donors (Lipinski definition) is 1. The minimum absolute atomic E-state index is 0.124. The smallest absolute Gasteiger partial charge is 0.264 e. The van der Waals surface area contributed by atoms with Crippen molar-refractivity contribution >= 4 is 34.6 Å². The Bertz CT molecular complexity index is 819. The highest BCUT2D eigenvalue weighted by molar-refractivity contribution is 8.18. The summed E-state index contributed by atoms with van der Waals surface area (Å²) < 4.78 is 5.14. The first-order valence-corrected chi connectivity index (χ1v) is 8.38. The maximum Gasteiger partial charge on any atom is 0.264 e. The molecule has 0 aliphatic carbocycles. The largest absolute Gasteiger partial charge is 0.497 e. The summed E-state index contributed by atoms with van der Waals surface area (Å²) >= 11 is 1.36. The lowest BCUT2D eigenvalue weighted by Crippen LogP contribution is -2.19. The third-order valence-electron chi connectivity index (χ3n) is 3.72. The van der Waals surface area contributed by atoms with E-state index in [0.717, 1.165) is 28.1 Å². The highest BCUT2D eigenvalue weighted by Gasteiger charge is 2.24. The van der Waals surface area contributed by atoms with Gasteiger partial charge in [0.1, 0.15) is 5.75 Å². The first-order valence-electron chi connectivity index (χ1n) is 7.56.